The van der Waals surface area contributed by atoms with Crippen LogP contribution in [-0.2, 0) is 35.2 Å². The Morgan fingerprint density at radius 2 is 1.54 bits per heavy atom. The first-order valence-corrected chi connectivity index (χ1v) is 11.9. The molecule has 0 aliphatic carbocycles. The normalized spacial score (nSPS) is 11.5. The fourth-order valence-electron chi connectivity index (χ4n) is 3.21. The zero-order chi connectivity index (χ0) is 27.6. The Morgan fingerprint density at radius 3 is 2.08 bits per heavy atom. The van der Waals surface area contributed by atoms with E-state index in [9.17, 15) is 29.8 Å². The molecule has 208 valence electrons. The number of methoxy groups -OCH3 is 1. The van der Waals surface area contributed by atoms with Crippen molar-refractivity contribution in [1.29, 1.82) is 0 Å². The van der Waals surface area contributed by atoms with Crippen LogP contribution in [-0.4, -0.2) is 79.2 Å². The van der Waals surface area contributed by atoms with Gasteiger partial charge in [0.25, 0.3) is 10.2 Å². The van der Waals surface area contributed by atoms with E-state index in [-0.39, 0.29) is 64.0 Å². The molecular formula is C23H35N3O11. The van der Waals surface area contributed by atoms with E-state index >= 15 is 0 Å². The first-order chi connectivity index (χ1) is 17.6. The van der Waals surface area contributed by atoms with Crippen molar-refractivity contribution in [1.82, 2.24) is 4.90 Å². The van der Waals surface area contributed by atoms with Gasteiger partial charge in [0.15, 0.2) is 6.10 Å². The molecule has 1 rings (SSSR count). The van der Waals surface area contributed by atoms with Crippen molar-refractivity contribution in [2.45, 2.75) is 58.1 Å². The van der Waals surface area contributed by atoms with Crippen molar-refractivity contribution in [2.75, 3.05) is 40.1 Å². The molecule has 1 atom stereocenters. The maximum atomic E-state index is 12.8. The van der Waals surface area contributed by atoms with E-state index in [0.717, 1.165) is 12.0 Å². The van der Waals surface area contributed by atoms with Crippen LogP contribution in [0.4, 0.5) is 0 Å². The summed E-state index contributed by atoms with van der Waals surface area (Å²) in [6, 6.07) is 7.08. The lowest BCUT2D eigenvalue weighted by atomic mass is 10.1. The van der Waals surface area contributed by atoms with E-state index in [1.165, 1.54) is 4.90 Å². The van der Waals surface area contributed by atoms with Gasteiger partial charge in [-0.05, 0) is 50.8 Å². The molecule has 0 saturated heterocycles. The molecule has 0 N–H and O–H groups in total. The molecule has 14 heteroatoms. The Bertz CT molecular complexity index is 849. The molecule has 1 unspecified atom stereocenters. The van der Waals surface area contributed by atoms with Gasteiger partial charge in [0.05, 0.1) is 26.4 Å². The Balaban J connectivity index is 2.80. The Hall–Kier alpha value is -3.68. The zero-order valence-corrected chi connectivity index (χ0v) is 21.4. The molecule has 1 amide bonds. The highest BCUT2D eigenvalue weighted by Crippen LogP contribution is 2.15. The van der Waals surface area contributed by atoms with Gasteiger partial charge in [-0.15, -0.1) is 20.2 Å². The van der Waals surface area contributed by atoms with E-state index in [2.05, 4.69) is 9.68 Å². The van der Waals surface area contributed by atoms with Gasteiger partial charge in [-0.1, -0.05) is 12.1 Å². The lowest BCUT2D eigenvalue weighted by Gasteiger charge is -2.31. The topological polar surface area (TPSA) is 170 Å². The number of carbonyl (C=O) groups excluding carboxylic acids is 2. The summed E-state index contributed by atoms with van der Waals surface area (Å²) in [4.78, 5) is 55.6. The smallest absolute Gasteiger partial charge is 0.306 e. The average molecular weight is 530 g/mol. The predicted octanol–water partition coefficient (Wildman–Crippen LogP) is 2.38. The average Bonchev–Trinajstić information content (AvgIpc) is 2.84. The van der Waals surface area contributed by atoms with Crippen molar-refractivity contribution >= 4 is 11.9 Å². The summed E-state index contributed by atoms with van der Waals surface area (Å²) >= 11 is 0. The predicted molar refractivity (Wildman–Crippen MR) is 129 cm³/mol. The molecule has 1 aromatic rings. The SMILES string of the molecule is COCCc1ccc(OCC(CN(C(=O)CCCO[N+](=O)[O-])C(C)C)OC(=O)CCCO[N+](=O)[O-])cc1. The third-order valence-electron chi connectivity index (χ3n) is 5.05. The number of hydrogen-bond donors (Lipinski definition) is 0. The number of carbonyl (C=O) groups is 2. The molecule has 0 aromatic heterocycles. The third-order valence-corrected chi connectivity index (χ3v) is 5.05. The van der Waals surface area contributed by atoms with E-state index in [1.54, 1.807) is 33.1 Å². The molecule has 1 aromatic carbocycles. The number of rotatable bonds is 20. The number of amides is 1. The number of esters is 1. The largest absolute Gasteiger partial charge is 0.490 e. The third kappa shape index (κ3) is 14.5. The van der Waals surface area contributed by atoms with Crippen molar-refractivity contribution in [3.8, 4) is 5.75 Å². The molecular weight excluding hydrogens is 494 g/mol. The second kappa shape index (κ2) is 17.7. The fraction of sp³-hybridized carbons (Fsp3) is 0.652. The van der Waals surface area contributed by atoms with Crippen molar-refractivity contribution in [2.24, 2.45) is 0 Å². The molecule has 14 nitrogen and oxygen atoms in total. The Morgan fingerprint density at radius 1 is 0.946 bits per heavy atom. The second-order valence-electron chi connectivity index (χ2n) is 8.27. The minimum Gasteiger partial charge on any atom is -0.490 e. The van der Waals surface area contributed by atoms with Crippen LogP contribution in [0.2, 0.25) is 0 Å². The first-order valence-electron chi connectivity index (χ1n) is 11.9. The highest BCUT2D eigenvalue weighted by Gasteiger charge is 2.25. The quantitative estimate of drug-likeness (QED) is 0.105. The van der Waals surface area contributed by atoms with E-state index in [1.807, 2.05) is 12.1 Å². The molecule has 0 heterocycles. The molecule has 0 aliphatic rings. The summed E-state index contributed by atoms with van der Waals surface area (Å²) in [5, 5.41) is 18.7. The lowest BCUT2D eigenvalue weighted by molar-refractivity contribution is -0.757. The minimum absolute atomic E-state index is 0.00864. The highest BCUT2D eigenvalue weighted by molar-refractivity contribution is 5.76. The van der Waals surface area contributed by atoms with Gasteiger partial charge in [-0.2, -0.15) is 0 Å². The highest BCUT2D eigenvalue weighted by atomic mass is 17.0. The van der Waals surface area contributed by atoms with E-state index in [0.29, 0.717) is 12.4 Å². The molecule has 0 fully saturated rings. The summed E-state index contributed by atoms with van der Waals surface area (Å²) in [5.74, 6) is -0.364. The molecule has 0 saturated carbocycles. The van der Waals surface area contributed by atoms with E-state index in [4.69, 9.17) is 14.2 Å². The molecule has 37 heavy (non-hydrogen) atoms. The van der Waals surface area contributed by atoms with Crippen LogP contribution in [0.5, 0.6) is 5.75 Å². The summed E-state index contributed by atoms with van der Waals surface area (Å²) in [7, 11) is 1.62. The van der Waals surface area contributed by atoms with Gasteiger partial charge in [0, 0.05) is 26.0 Å². The van der Waals surface area contributed by atoms with Gasteiger partial charge >= 0.3 is 5.97 Å². The van der Waals surface area contributed by atoms with Gasteiger partial charge in [-0.3, -0.25) is 9.59 Å². The van der Waals surface area contributed by atoms with Crippen LogP contribution >= 0.6 is 0 Å². The van der Waals surface area contributed by atoms with Gasteiger partial charge in [0.1, 0.15) is 12.4 Å². The van der Waals surface area contributed by atoms with Crippen molar-refractivity contribution in [3.63, 3.8) is 0 Å². The molecule has 0 spiro atoms. The Kier molecular flexibility index (Phi) is 15.0. The van der Waals surface area contributed by atoms with Gasteiger partial charge in [-0.25, -0.2) is 0 Å². The van der Waals surface area contributed by atoms with Gasteiger partial charge < -0.3 is 28.8 Å². The van der Waals surface area contributed by atoms with E-state index < -0.39 is 22.2 Å². The summed E-state index contributed by atoms with van der Waals surface area (Å²) in [6.07, 6.45) is 0.0322. The van der Waals surface area contributed by atoms with Crippen molar-refractivity contribution in [3.05, 3.63) is 50.1 Å². The number of benzene rings is 1. The van der Waals surface area contributed by atoms with Crippen LogP contribution in [0.3, 0.4) is 0 Å². The van der Waals surface area contributed by atoms with Crippen LogP contribution in [0.1, 0.15) is 45.1 Å². The zero-order valence-electron chi connectivity index (χ0n) is 21.4. The van der Waals surface area contributed by atoms with Crippen LogP contribution < -0.4 is 4.74 Å². The van der Waals surface area contributed by atoms with Crippen LogP contribution in [0.25, 0.3) is 0 Å². The second-order valence-corrected chi connectivity index (χ2v) is 8.27. The maximum Gasteiger partial charge on any atom is 0.306 e. The minimum atomic E-state index is -0.939. The summed E-state index contributed by atoms with van der Waals surface area (Å²) in [5.41, 5.74) is 1.06. The molecule has 0 radical (unpaired) electrons. The number of ether oxygens (including phenoxy) is 3. The number of nitrogens with zero attached hydrogens (tertiary/aromatic N) is 3. The lowest BCUT2D eigenvalue weighted by Crippen LogP contribution is -2.45. The standard InChI is InChI=1S/C23H35N3O11/c1-18(2)24(22(27)6-4-13-35-25(29)30)16-21(37-23(28)7-5-14-36-26(31)32)17-34-20-10-8-19(9-11-20)12-15-33-3/h8-11,18,21H,4-7,12-17H2,1-3H3. The molecule has 0 aliphatic heterocycles. The summed E-state index contributed by atoms with van der Waals surface area (Å²) in [6.45, 7) is 3.69. The Labute approximate surface area is 215 Å². The summed E-state index contributed by atoms with van der Waals surface area (Å²) < 4.78 is 16.4. The van der Waals surface area contributed by atoms with Gasteiger partial charge in [0.2, 0.25) is 5.91 Å². The fourth-order valence-corrected chi connectivity index (χ4v) is 3.21. The monoisotopic (exact) mass is 529 g/mol. The van der Waals surface area contributed by atoms with Crippen LogP contribution in [0.15, 0.2) is 24.3 Å². The van der Waals surface area contributed by atoms with Crippen molar-refractivity contribution < 1.29 is 43.6 Å². The van der Waals surface area contributed by atoms with Crippen LogP contribution in [0, 0.1) is 20.2 Å². The molecule has 0 bridgehead atoms. The number of hydrogen-bond acceptors (Lipinski definition) is 11. The first kappa shape index (κ1) is 31.4. The maximum absolute atomic E-state index is 12.8.